The third kappa shape index (κ3) is 0.454. The van der Waals surface area contributed by atoms with Gasteiger partial charge in [-0.15, -0.1) is 11.3 Å². The predicted molar refractivity (Wildman–Crippen MR) is 34.8 cm³/mol. The molecule has 0 unspecified atom stereocenters. The minimum atomic E-state index is 0.971. The van der Waals surface area contributed by atoms with Crippen molar-refractivity contribution in [1.82, 2.24) is 5.43 Å². The number of thiophene rings is 1. The Bertz CT molecular complexity index is 176. The molecule has 0 aromatic carbocycles. The van der Waals surface area contributed by atoms with E-state index in [1.165, 1.54) is 11.3 Å². The number of anilines is 1. The lowest BCUT2D eigenvalue weighted by Gasteiger charge is -1.88. The van der Waals surface area contributed by atoms with Crippen LogP contribution in [0.4, 0.5) is 5.69 Å². The van der Waals surface area contributed by atoms with E-state index in [1.54, 1.807) is 11.3 Å². The number of hydrogen-bond acceptors (Lipinski definition) is 3. The van der Waals surface area contributed by atoms with Crippen molar-refractivity contribution in [3.05, 3.63) is 16.3 Å². The largest absolute Gasteiger partial charge is 0.320 e. The van der Waals surface area contributed by atoms with Crippen molar-refractivity contribution in [3.63, 3.8) is 0 Å². The Kier molecular flexibility index (Phi) is 0.797. The molecule has 1 aromatic rings. The van der Waals surface area contributed by atoms with Gasteiger partial charge < -0.3 is 5.43 Å². The van der Waals surface area contributed by atoms with Gasteiger partial charge in [-0.2, -0.15) is 0 Å². The van der Waals surface area contributed by atoms with Crippen LogP contribution >= 0.6 is 11.3 Å². The van der Waals surface area contributed by atoms with Crippen molar-refractivity contribution < 1.29 is 0 Å². The number of nitrogens with one attached hydrogen (secondary N) is 2. The molecule has 0 bridgehead atoms. The summed E-state index contributed by atoms with van der Waals surface area (Å²) in [6.07, 6.45) is 0. The molecule has 0 saturated carbocycles. The van der Waals surface area contributed by atoms with Crippen molar-refractivity contribution in [2.24, 2.45) is 0 Å². The second-order valence-corrected chi connectivity index (χ2v) is 2.53. The summed E-state index contributed by atoms with van der Waals surface area (Å²) in [7, 11) is 0. The van der Waals surface area contributed by atoms with Crippen molar-refractivity contribution in [2.75, 3.05) is 5.43 Å². The molecule has 0 saturated heterocycles. The van der Waals surface area contributed by atoms with E-state index in [-0.39, 0.29) is 0 Å². The molecule has 0 atom stereocenters. The zero-order valence-corrected chi connectivity index (χ0v) is 5.09. The third-order valence-corrected chi connectivity index (χ3v) is 2.04. The fourth-order valence-corrected chi connectivity index (χ4v) is 1.59. The van der Waals surface area contributed by atoms with Gasteiger partial charge in [-0.05, 0) is 5.38 Å². The van der Waals surface area contributed by atoms with E-state index in [0.29, 0.717) is 0 Å². The quantitative estimate of drug-likeness (QED) is 0.545. The molecular formula is C5H6N2S. The van der Waals surface area contributed by atoms with Crippen molar-refractivity contribution in [3.8, 4) is 0 Å². The lowest BCUT2D eigenvalue weighted by atomic mass is 10.3. The molecule has 2 heterocycles. The maximum atomic E-state index is 3.04. The Hall–Kier alpha value is -0.540. The molecule has 0 aliphatic carbocycles. The maximum absolute atomic E-state index is 3.04. The van der Waals surface area contributed by atoms with Gasteiger partial charge in [0.05, 0.1) is 5.69 Å². The second kappa shape index (κ2) is 1.47. The molecule has 1 aromatic heterocycles. The van der Waals surface area contributed by atoms with E-state index in [1.807, 2.05) is 0 Å². The van der Waals surface area contributed by atoms with Gasteiger partial charge >= 0.3 is 0 Å². The molecule has 0 amide bonds. The smallest absolute Gasteiger partial charge is 0.0640 e. The highest BCUT2D eigenvalue weighted by Crippen LogP contribution is 2.22. The predicted octanol–water partition coefficient (Wildman–Crippen LogP) is 1.18. The molecule has 2 nitrogen and oxygen atoms in total. The van der Waals surface area contributed by atoms with Crippen molar-refractivity contribution in [2.45, 2.75) is 6.54 Å². The first-order valence-corrected chi connectivity index (χ1v) is 3.45. The van der Waals surface area contributed by atoms with Crippen LogP contribution in [0.2, 0.25) is 0 Å². The molecule has 2 N–H and O–H groups in total. The molecule has 0 spiro atoms. The van der Waals surface area contributed by atoms with E-state index >= 15 is 0 Å². The summed E-state index contributed by atoms with van der Waals surface area (Å²) in [5.41, 5.74) is 8.69. The molecule has 8 heavy (non-hydrogen) atoms. The first-order chi connectivity index (χ1) is 3.97. The SMILES string of the molecule is c1scc2c1CNN2. The Balaban J connectivity index is 2.54. The van der Waals surface area contributed by atoms with E-state index in [2.05, 4.69) is 21.6 Å². The minimum absolute atomic E-state index is 0.971. The van der Waals surface area contributed by atoms with Crippen LogP contribution in [-0.2, 0) is 6.54 Å². The van der Waals surface area contributed by atoms with Crippen LogP contribution in [0.25, 0.3) is 0 Å². The summed E-state index contributed by atoms with van der Waals surface area (Å²) < 4.78 is 0. The summed E-state index contributed by atoms with van der Waals surface area (Å²) in [5.74, 6) is 0. The summed E-state index contributed by atoms with van der Waals surface area (Å²) >= 11 is 1.74. The van der Waals surface area contributed by atoms with E-state index < -0.39 is 0 Å². The maximum Gasteiger partial charge on any atom is 0.0640 e. The fourth-order valence-electron chi connectivity index (χ4n) is 0.805. The number of hydrazine groups is 1. The number of rotatable bonds is 0. The topological polar surface area (TPSA) is 24.1 Å². The Morgan fingerprint density at radius 3 is 3.38 bits per heavy atom. The molecule has 1 aliphatic rings. The Morgan fingerprint density at radius 2 is 2.50 bits per heavy atom. The summed E-state index contributed by atoms with van der Waals surface area (Å²) in [5, 5.41) is 4.26. The number of fused-ring (bicyclic) bond motifs is 1. The van der Waals surface area contributed by atoms with Crippen molar-refractivity contribution in [1.29, 1.82) is 0 Å². The second-order valence-electron chi connectivity index (χ2n) is 1.79. The molecule has 1 aliphatic heterocycles. The van der Waals surface area contributed by atoms with Gasteiger partial charge in [0, 0.05) is 17.5 Å². The van der Waals surface area contributed by atoms with Crippen LogP contribution in [-0.4, -0.2) is 0 Å². The van der Waals surface area contributed by atoms with Crippen LogP contribution in [0, 0.1) is 0 Å². The Morgan fingerprint density at radius 1 is 1.50 bits per heavy atom. The average molecular weight is 126 g/mol. The average Bonchev–Trinajstić information content (AvgIpc) is 2.15. The van der Waals surface area contributed by atoms with Gasteiger partial charge in [0.15, 0.2) is 0 Å². The van der Waals surface area contributed by atoms with E-state index in [0.717, 1.165) is 6.54 Å². The minimum Gasteiger partial charge on any atom is -0.320 e. The molecule has 0 radical (unpaired) electrons. The normalized spacial score (nSPS) is 15.5. The molecule has 3 heteroatoms. The zero-order chi connectivity index (χ0) is 5.40. The van der Waals surface area contributed by atoms with E-state index in [4.69, 9.17) is 0 Å². The van der Waals surface area contributed by atoms with Crippen LogP contribution in [0.15, 0.2) is 10.8 Å². The van der Waals surface area contributed by atoms with Gasteiger partial charge in [-0.1, -0.05) is 0 Å². The fraction of sp³-hybridized carbons (Fsp3) is 0.200. The monoisotopic (exact) mass is 126 g/mol. The van der Waals surface area contributed by atoms with Crippen LogP contribution < -0.4 is 10.9 Å². The Labute approximate surface area is 51.5 Å². The molecule has 42 valence electrons. The molecular weight excluding hydrogens is 120 g/mol. The van der Waals surface area contributed by atoms with Gasteiger partial charge in [-0.3, -0.25) is 0 Å². The number of hydrogen-bond donors (Lipinski definition) is 2. The first-order valence-electron chi connectivity index (χ1n) is 2.51. The van der Waals surface area contributed by atoms with Crippen LogP contribution in [0.3, 0.4) is 0 Å². The van der Waals surface area contributed by atoms with Crippen LogP contribution in [0.1, 0.15) is 5.56 Å². The molecule has 0 fully saturated rings. The van der Waals surface area contributed by atoms with Gasteiger partial charge in [0.25, 0.3) is 0 Å². The lowest BCUT2D eigenvalue weighted by molar-refractivity contribution is 0.860. The van der Waals surface area contributed by atoms with Gasteiger partial charge in [0.2, 0.25) is 0 Å². The highest BCUT2D eigenvalue weighted by molar-refractivity contribution is 7.08. The summed E-state index contributed by atoms with van der Waals surface area (Å²) in [6.45, 7) is 0.971. The highest BCUT2D eigenvalue weighted by Gasteiger charge is 2.07. The molecule has 2 rings (SSSR count). The van der Waals surface area contributed by atoms with E-state index in [9.17, 15) is 0 Å². The summed E-state index contributed by atoms with van der Waals surface area (Å²) in [4.78, 5) is 0. The standard InChI is InChI=1S/C5H6N2S/c1-4-2-8-3-5(4)7-6-1/h2-3,6-7H,1H2. The zero-order valence-electron chi connectivity index (χ0n) is 4.27. The van der Waals surface area contributed by atoms with Crippen LogP contribution in [0.5, 0.6) is 0 Å². The lowest BCUT2D eigenvalue weighted by Crippen LogP contribution is -2.11. The highest BCUT2D eigenvalue weighted by atomic mass is 32.1. The third-order valence-electron chi connectivity index (χ3n) is 1.24. The first kappa shape index (κ1) is 4.35. The van der Waals surface area contributed by atoms with Crippen molar-refractivity contribution >= 4 is 17.0 Å². The summed E-state index contributed by atoms with van der Waals surface area (Å²) in [6, 6.07) is 0. The van der Waals surface area contributed by atoms with Gasteiger partial charge in [0.1, 0.15) is 0 Å². The van der Waals surface area contributed by atoms with Gasteiger partial charge in [-0.25, -0.2) is 5.43 Å².